The third-order valence-electron chi connectivity index (χ3n) is 2.06. The summed E-state index contributed by atoms with van der Waals surface area (Å²) in [6, 6.07) is 3.79. The van der Waals surface area contributed by atoms with Crippen LogP contribution in [0.5, 0.6) is 0 Å². The average molecular weight is 223 g/mol. The Morgan fingerprint density at radius 2 is 2.06 bits per heavy atom. The van der Waals surface area contributed by atoms with Crippen molar-refractivity contribution >= 4 is 5.97 Å². The van der Waals surface area contributed by atoms with Crippen LogP contribution in [-0.2, 0) is 20.7 Å². The van der Waals surface area contributed by atoms with E-state index in [1.165, 1.54) is 0 Å². The smallest absolute Gasteiger partial charge is 0.306 e. The number of rotatable bonds is 7. The monoisotopic (exact) mass is 223 g/mol. The Bertz CT molecular complexity index is 300. The van der Waals surface area contributed by atoms with Gasteiger partial charge in [0.25, 0.3) is 0 Å². The van der Waals surface area contributed by atoms with Crippen molar-refractivity contribution in [2.75, 3.05) is 19.8 Å². The quantitative estimate of drug-likeness (QED) is 0.520. The molecule has 0 aromatic carbocycles. The van der Waals surface area contributed by atoms with Gasteiger partial charge in [-0.05, 0) is 31.0 Å². The molecule has 0 aliphatic carbocycles. The SMILES string of the molecule is CCOCCOC(=O)CCc1ccncc1. The van der Waals surface area contributed by atoms with Gasteiger partial charge < -0.3 is 9.47 Å². The number of esters is 1. The summed E-state index contributed by atoms with van der Waals surface area (Å²) in [5.74, 6) is -0.184. The van der Waals surface area contributed by atoms with Gasteiger partial charge in [-0.3, -0.25) is 9.78 Å². The van der Waals surface area contributed by atoms with E-state index in [0.717, 1.165) is 5.56 Å². The van der Waals surface area contributed by atoms with Gasteiger partial charge in [0.15, 0.2) is 0 Å². The number of aryl methyl sites for hydroxylation is 1. The van der Waals surface area contributed by atoms with Crippen molar-refractivity contribution in [3.8, 4) is 0 Å². The molecule has 0 radical (unpaired) electrons. The third kappa shape index (κ3) is 5.46. The number of carbonyl (C=O) groups excluding carboxylic acids is 1. The summed E-state index contributed by atoms with van der Waals surface area (Å²) < 4.78 is 10.0. The van der Waals surface area contributed by atoms with E-state index in [2.05, 4.69) is 4.98 Å². The lowest BCUT2D eigenvalue weighted by Gasteiger charge is -2.04. The molecule has 0 N–H and O–H groups in total. The van der Waals surface area contributed by atoms with E-state index in [-0.39, 0.29) is 5.97 Å². The minimum absolute atomic E-state index is 0.184. The molecule has 0 saturated carbocycles. The van der Waals surface area contributed by atoms with Crippen molar-refractivity contribution in [3.63, 3.8) is 0 Å². The molecular formula is C12H17NO3. The summed E-state index contributed by atoms with van der Waals surface area (Å²) >= 11 is 0. The fraction of sp³-hybridized carbons (Fsp3) is 0.500. The molecule has 88 valence electrons. The van der Waals surface area contributed by atoms with Crippen molar-refractivity contribution in [3.05, 3.63) is 30.1 Å². The Labute approximate surface area is 95.6 Å². The molecule has 0 amide bonds. The van der Waals surface area contributed by atoms with E-state index in [4.69, 9.17) is 9.47 Å². The Morgan fingerprint density at radius 3 is 2.75 bits per heavy atom. The fourth-order valence-corrected chi connectivity index (χ4v) is 1.23. The molecule has 0 aliphatic rings. The lowest BCUT2D eigenvalue weighted by molar-refractivity contribution is -0.145. The summed E-state index contributed by atoms with van der Waals surface area (Å²) in [6.45, 7) is 3.36. The first-order valence-corrected chi connectivity index (χ1v) is 5.45. The number of ether oxygens (including phenoxy) is 2. The number of carbonyl (C=O) groups is 1. The highest BCUT2D eigenvalue weighted by atomic mass is 16.6. The van der Waals surface area contributed by atoms with Gasteiger partial charge in [-0.25, -0.2) is 0 Å². The molecule has 0 bridgehead atoms. The minimum atomic E-state index is -0.184. The third-order valence-corrected chi connectivity index (χ3v) is 2.06. The normalized spacial score (nSPS) is 10.1. The molecule has 1 heterocycles. The van der Waals surface area contributed by atoms with Crippen LogP contribution < -0.4 is 0 Å². The Kier molecular flexibility index (Phi) is 6.18. The first-order valence-electron chi connectivity index (χ1n) is 5.45. The Hall–Kier alpha value is -1.42. The maximum Gasteiger partial charge on any atom is 0.306 e. The molecule has 4 nitrogen and oxygen atoms in total. The number of hydrogen-bond donors (Lipinski definition) is 0. The zero-order chi connectivity index (χ0) is 11.6. The molecular weight excluding hydrogens is 206 g/mol. The maximum absolute atomic E-state index is 11.3. The van der Waals surface area contributed by atoms with Gasteiger partial charge in [0.1, 0.15) is 6.61 Å². The highest BCUT2D eigenvalue weighted by Crippen LogP contribution is 2.01. The van der Waals surface area contributed by atoms with Gasteiger partial charge in [-0.2, -0.15) is 0 Å². The molecule has 0 fully saturated rings. The molecule has 0 atom stereocenters. The summed E-state index contributed by atoms with van der Waals surface area (Å²) in [5, 5.41) is 0. The zero-order valence-electron chi connectivity index (χ0n) is 9.52. The predicted octanol–water partition coefficient (Wildman–Crippen LogP) is 1.59. The molecule has 4 heteroatoms. The van der Waals surface area contributed by atoms with Crippen LogP contribution in [0.4, 0.5) is 0 Å². The van der Waals surface area contributed by atoms with E-state index in [9.17, 15) is 4.79 Å². The molecule has 1 aromatic heterocycles. The van der Waals surface area contributed by atoms with Crippen molar-refractivity contribution in [2.24, 2.45) is 0 Å². The minimum Gasteiger partial charge on any atom is -0.463 e. The number of aromatic nitrogens is 1. The van der Waals surface area contributed by atoms with Crippen LogP contribution in [0, 0.1) is 0 Å². The molecule has 1 aromatic rings. The fourth-order valence-electron chi connectivity index (χ4n) is 1.23. The van der Waals surface area contributed by atoms with E-state index < -0.39 is 0 Å². The first kappa shape index (κ1) is 12.6. The van der Waals surface area contributed by atoms with E-state index >= 15 is 0 Å². The number of hydrogen-bond acceptors (Lipinski definition) is 4. The van der Waals surface area contributed by atoms with Crippen LogP contribution in [0.25, 0.3) is 0 Å². The van der Waals surface area contributed by atoms with Gasteiger partial charge in [0.2, 0.25) is 0 Å². The summed E-state index contributed by atoms with van der Waals surface area (Å²) in [6.07, 6.45) is 4.53. The largest absolute Gasteiger partial charge is 0.463 e. The van der Waals surface area contributed by atoms with E-state index in [1.54, 1.807) is 12.4 Å². The highest BCUT2D eigenvalue weighted by molar-refractivity contribution is 5.69. The average Bonchev–Trinajstić information content (AvgIpc) is 2.33. The second kappa shape index (κ2) is 7.82. The zero-order valence-corrected chi connectivity index (χ0v) is 9.52. The summed E-state index contributed by atoms with van der Waals surface area (Å²) in [4.78, 5) is 15.2. The second-order valence-electron chi connectivity index (χ2n) is 3.27. The van der Waals surface area contributed by atoms with Crippen molar-refractivity contribution < 1.29 is 14.3 Å². The number of pyridine rings is 1. The standard InChI is InChI=1S/C12H17NO3/c1-2-15-9-10-16-12(14)4-3-11-5-7-13-8-6-11/h5-8H,2-4,9-10H2,1H3. The van der Waals surface area contributed by atoms with E-state index in [0.29, 0.717) is 32.7 Å². The van der Waals surface area contributed by atoms with Crippen LogP contribution in [-0.4, -0.2) is 30.8 Å². The van der Waals surface area contributed by atoms with Crippen molar-refractivity contribution in [1.82, 2.24) is 4.98 Å². The van der Waals surface area contributed by atoms with Crippen LogP contribution in [0.1, 0.15) is 18.9 Å². The summed E-state index contributed by atoms with van der Waals surface area (Å²) in [5.41, 5.74) is 1.09. The second-order valence-corrected chi connectivity index (χ2v) is 3.27. The molecule has 0 unspecified atom stereocenters. The molecule has 0 spiro atoms. The van der Waals surface area contributed by atoms with E-state index in [1.807, 2.05) is 19.1 Å². The molecule has 1 rings (SSSR count). The topological polar surface area (TPSA) is 48.4 Å². The van der Waals surface area contributed by atoms with Gasteiger partial charge in [0.05, 0.1) is 6.61 Å². The van der Waals surface area contributed by atoms with Crippen LogP contribution >= 0.6 is 0 Å². The lowest BCUT2D eigenvalue weighted by atomic mass is 10.1. The van der Waals surface area contributed by atoms with Gasteiger partial charge in [-0.1, -0.05) is 0 Å². The summed E-state index contributed by atoms with van der Waals surface area (Å²) in [7, 11) is 0. The number of nitrogens with zero attached hydrogens (tertiary/aromatic N) is 1. The Balaban J connectivity index is 2.11. The van der Waals surface area contributed by atoms with Crippen LogP contribution in [0.3, 0.4) is 0 Å². The maximum atomic E-state index is 11.3. The van der Waals surface area contributed by atoms with Crippen molar-refractivity contribution in [1.29, 1.82) is 0 Å². The lowest BCUT2D eigenvalue weighted by Crippen LogP contribution is -2.11. The van der Waals surface area contributed by atoms with Gasteiger partial charge in [-0.15, -0.1) is 0 Å². The van der Waals surface area contributed by atoms with Crippen LogP contribution in [0.15, 0.2) is 24.5 Å². The van der Waals surface area contributed by atoms with Gasteiger partial charge >= 0.3 is 5.97 Å². The predicted molar refractivity (Wildman–Crippen MR) is 60.0 cm³/mol. The van der Waals surface area contributed by atoms with Crippen molar-refractivity contribution in [2.45, 2.75) is 19.8 Å². The molecule has 0 saturated heterocycles. The molecule has 0 aliphatic heterocycles. The highest BCUT2D eigenvalue weighted by Gasteiger charge is 2.03. The first-order chi connectivity index (χ1) is 7.83. The van der Waals surface area contributed by atoms with Crippen LogP contribution in [0.2, 0.25) is 0 Å². The van der Waals surface area contributed by atoms with Gasteiger partial charge in [0, 0.05) is 25.4 Å². The Morgan fingerprint density at radius 1 is 1.31 bits per heavy atom. The molecule has 16 heavy (non-hydrogen) atoms.